The van der Waals surface area contributed by atoms with Gasteiger partial charge < -0.3 is 10.3 Å². The summed E-state index contributed by atoms with van der Waals surface area (Å²) in [4.78, 5) is 4.17. The lowest BCUT2D eigenvalue weighted by molar-refractivity contribution is 0.659. The van der Waals surface area contributed by atoms with Gasteiger partial charge in [-0.3, -0.25) is 4.98 Å². The van der Waals surface area contributed by atoms with E-state index >= 15 is 0 Å². The van der Waals surface area contributed by atoms with E-state index in [2.05, 4.69) is 29.3 Å². The highest BCUT2D eigenvalue weighted by molar-refractivity contribution is 5.94. The molecule has 2 aromatic heterocycles. The standard InChI is InChI=1S/C14H17N3.ClH/c1-4-5-6-7-17-11(3)10(2)14-12(15)8-16-9-13(14)17;/h1,8-9H,5-7,15H2,2-3H3;1H. The SMILES string of the molecule is C#CCCCn1c(C)c(C)c2c(N)cncc21.Cl. The summed E-state index contributed by atoms with van der Waals surface area (Å²) in [5.74, 6) is 2.67. The molecule has 96 valence electrons. The van der Waals surface area contributed by atoms with Crippen LogP contribution in [0.3, 0.4) is 0 Å². The number of hydrogen-bond donors (Lipinski definition) is 1. The van der Waals surface area contributed by atoms with Gasteiger partial charge in [-0.05, 0) is 25.8 Å². The maximum atomic E-state index is 5.99. The number of hydrogen-bond acceptors (Lipinski definition) is 2. The van der Waals surface area contributed by atoms with Gasteiger partial charge in [0.2, 0.25) is 0 Å². The largest absolute Gasteiger partial charge is 0.397 e. The van der Waals surface area contributed by atoms with Gasteiger partial charge in [-0.15, -0.1) is 24.8 Å². The van der Waals surface area contributed by atoms with E-state index in [-0.39, 0.29) is 12.4 Å². The zero-order valence-corrected chi connectivity index (χ0v) is 11.5. The molecule has 0 aliphatic heterocycles. The van der Waals surface area contributed by atoms with Gasteiger partial charge >= 0.3 is 0 Å². The molecule has 2 heterocycles. The average Bonchev–Trinajstić information content (AvgIpc) is 2.55. The van der Waals surface area contributed by atoms with Crippen molar-refractivity contribution in [3.63, 3.8) is 0 Å². The van der Waals surface area contributed by atoms with Crippen molar-refractivity contribution >= 4 is 29.0 Å². The lowest BCUT2D eigenvalue weighted by atomic mass is 10.2. The Morgan fingerprint density at radius 1 is 1.39 bits per heavy atom. The van der Waals surface area contributed by atoms with Crippen molar-refractivity contribution in [2.75, 3.05) is 5.73 Å². The number of terminal acetylenes is 1. The summed E-state index contributed by atoms with van der Waals surface area (Å²) < 4.78 is 2.26. The molecule has 0 bridgehead atoms. The molecule has 0 fully saturated rings. The lowest BCUT2D eigenvalue weighted by Gasteiger charge is -2.06. The van der Waals surface area contributed by atoms with E-state index in [1.807, 2.05) is 6.20 Å². The van der Waals surface area contributed by atoms with Crippen LogP contribution in [-0.2, 0) is 6.54 Å². The Hall–Kier alpha value is -1.66. The van der Waals surface area contributed by atoms with Crippen LogP contribution in [0, 0.1) is 26.2 Å². The summed E-state index contributed by atoms with van der Waals surface area (Å²) >= 11 is 0. The first-order chi connectivity index (χ1) is 8.16. The van der Waals surface area contributed by atoms with Crippen molar-refractivity contribution in [1.29, 1.82) is 0 Å². The van der Waals surface area contributed by atoms with Crippen molar-refractivity contribution in [3.8, 4) is 12.3 Å². The molecule has 0 saturated carbocycles. The number of nitrogens with zero attached hydrogens (tertiary/aromatic N) is 2. The molecule has 0 aliphatic rings. The smallest absolute Gasteiger partial charge is 0.0692 e. The molecule has 0 aromatic carbocycles. The fourth-order valence-electron chi connectivity index (χ4n) is 2.27. The summed E-state index contributed by atoms with van der Waals surface area (Å²) in [6.07, 6.45) is 10.6. The van der Waals surface area contributed by atoms with Crippen LogP contribution in [0.5, 0.6) is 0 Å². The molecule has 0 radical (unpaired) electrons. The number of aryl methyl sites for hydroxylation is 2. The predicted octanol–water partition coefficient (Wildman–Crippen LogP) is 3.07. The van der Waals surface area contributed by atoms with Gasteiger partial charge in [-0.25, -0.2) is 0 Å². The molecular weight excluding hydrogens is 246 g/mol. The molecule has 0 saturated heterocycles. The molecule has 0 spiro atoms. The Morgan fingerprint density at radius 3 is 2.78 bits per heavy atom. The molecule has 2 aromatic rings. The van der Waals surface area contributed by atoms with Crippen LogP contribution >= 0.6 is 12.4 Å². The van der Waals surface area contributed by atoms with Crippen molar-refractivity contribution in [2.24, 2.45) is 0 Å². The first kappa shape index (κ1) is 14.4. The fraction of sp³-hybridized carbons (Fsp3) is 0.357. The molecule has 0 aliphatic carbocycles. The van der Waals surface area contributed by atoms with Gasteiger partial charge in [0.05, 0.1) is 23.6 Å². The maximum absolute atomic E-state index is 5.99. The Bertz CT molecular complexity index is 593. The van der Waals surface area contributed by atoms with Crippen LogP contribution in [0.1, 0.15) is 24.1 Å². The highest BCUT2D eigenvalue weighted by Gasteiger charge is 2.12. The highest BCUT2D eigenvalue weighted by atomic mass is 35.5. The third-order valence-corrected chi connectivity index (χ3v) is 3.27. The summed E-state index contributed by atoms with van der Waals surface area (Å²) in [6.45, 7) is 5.14. The fourth-order valence-corrected chi connectivity index (χ4v) is 2.27. The zero-order valence-electron chi connectivity index (χ0n) is 10.7. The molecule has 2 rings (SSSR count). The monoisotopic (exact) mass is 263 g/mol. The molecular formula is C14H18ClN3. The molecule has 0 unspecified atom stereocenters. The van der Waals surface area contributed by atoms with E-state index in [9.17, 15) is 0 Å². The Morgan fingerprint density at radius 2 is 2.11 bits per heavy atom. The second-order valence-corrected chi connectivity index (χ2v) is 4.29. The zero-order chi connectivity index (χ0) is 12.4. The minimum atomic E-state index is 0. The normalized spacial score (nSPS) is 10.1. The maximum Gasteiger partial charge on any atom is 0.0692 e. The second-order valence-electron chi connectivity index (χ2n) is 4.29. The predicted molar refractivity (Wildman–Crippen MR) is 78.9 cm³/mol. The third-order valence-electron chi connectivity index (χ3n) is 3.27. The van der Waals surface area contributed by atoms with Crippen molar-refractivity contribution in [3.05, 3.63) is 23.7 Å². The molecule has 4 heteroatoms. The van der Waals surface area contributed by atoms with E-state index < -0.39 is 0 Å². The first-order valence-corrected chi connectivity index (χ1v) is 5.79. The number of nitrogen functional groups attached to an aromatic ring is 1. The van der Waals surface area contributed by atoms with E-state index in [0.29, 0.717) is 0 Å². The molecule has 18 heavy (non-hydrogen) atoms. The number of anilines is 1. The van der Waals surface area contributed by atoms with Gasteiger partial charge in [-0.2, -0.15) is 0 Å². The lowest BCUT2D eigenvalue weighted by Crippen LogP contribution is -2.00. The second kappa shape index (κ2) is 5.79. The van der Waals surface area contributed by atoms with E-state index in [0.717, 1.165) is 36.0 Å². The van der Waals surface area contributed by atoms with Gasteiger partial charge in [0.25, 0.3) is 0 Å². The van der Waals surface area contributed by atoms with Gasteiger partial charge in [-0.1, -0.05) is 0 Å². The van der Waals surface area contributed by atoms with Crippen LogP contribution in [-0.4, -0.2) is 9.55 Å². The van der Waals surface area contributed by atoms with Gasteiger partial charge in [0.1, 0.15) is 0 Å². The number of pyridine rings is 1. The van der Waals surface area contributed by atoms with Crippen LogP contribution in [0.25, 0.3) is 10.9 Å². The van der Waals surface area contributed by atoms with Crippen molar-refractivity contribution < 1.29 is 0 Å². The van der Waals surface area contributed by atoms with Crippen LogP contribution in [0.2, 0.25) is 0 Å². The van der Waals surface area contributed by atoms with E-state index in [4.69, 9.17) is 12.2 Å². The van der Waals surface area contributed by atoms with Crippen LogP contribution in [0.4, 0.5) is 5.69 Å². The Kier molecular flexibility index (Phi) is 4.63. The minimum absolute atomic E-state index is 0. The summed E-state index contributed by atoms with van der Waals surface area (Å²) in [7, 11) is 0. The van der Waals surface area contributed by atoms with Crippen LogP contribution in [0.15, 0.2) is 12.4 Å². The van der Waals surface area contributed by atoms with Gasteiger partial charge in [0.15, 0.2) is 0 Å². The highest BCUT2D eigenvalue weighted by Crippen LogP contribution is 2.29. The third kappa shape index (κ3) is 2.30. The number of rotatable bonds is 3. The number of fused-ring (bicyclic) bond motifs is 1. The molecule has 3 nitrogen and oxygen atoms in total. The number of aromatic nitrogens is 2. The summed E-state index contributed by atoms with van der Waals surface area (Å²) in [5.41, 5.74) is 10.3. The Balaban J connectivity index is 0.00000162. The number of unbranched alkanes of at least 4 members (excludes halogenated alkanes) is 1. The number of nitrogens with two attached hydrogens (primary N) is 1. The van der Waals surface area contributed by atoms with Gasteiger partial charge in [0, 0.05) is 24.0 Å². The summed E-state index contributed by atoms with van der Waals surface area (Å²) in [5, 5.41) is 1.12. The molecule has 0 amide bonds. The van der Waals surface area contributed by atoms with Crippen LogP contribution < -0.4 is 5.73 Å². The topological polar surface area (TPSA) is 43.8 Å². The van der Waals surface area contributed by atoms with Crippen molar-refractivity contribution in [1.82, 2.24) is 9.55 Å². The average molecular weight is 264 g/mol. The van der Waals surface area contributed by atoms with E-state index in [1.54, 1.807) is 6.20 Å². The van der Waals surface area contributed by atoms with Crippen molar-refractivity contribution in [2.45, 2.75) is 33.2 Å². The first-order valence-electron chi connectivity index (χ1n) is 5.79. The summed E-state index contributed by atoms with van der Waals surface area (Å²) in [6, 6.07) is 0. The Labute approximate surface area is 114 Å². The van der Waals surface area contributed by atoms with E-state index in [1.165, 1.54) is 11.3 Å². The quantitative estimate of drug-likeness (QED) is 0.683. The number of halogens is 1. The molecule has 2 N–H and O–H groups in total. The molecule has 0 atom stereocenters. The minimum Gasteiger partial charge on any atom is -0.397 e.